The van der Waals surface area contributed by atoms with Crippen LogP contribution in [0.5, 0.6) is 0 Å². The third kappa shape index (κ3) is 6.32. The molecule has 0 saturated heterocycles. The highest BCUT2D eigenvalue weighted by atomic mass is 32.2. The van der Waals surface area contributed by atoms with E-state index in [1.54, 1.807) is 24.1 Å². The van der Waals surface area contributed by atoms with Crippen LogP contribution in [-0.2, 0) is 10.8 Å². The van der Waals surface area contributed by atoms with Gasteiger partial charge in [0.15, 0.2) is 0 Å². The van der Waals surface area contributed by atoms with Crippen molar-refractivity contribution < 1.29 is 9.00 Å². The van der Waals surface area contributed by atoms with Crippen LogP contribution in [0.25, 0.3) is 0 Å². The van der Waals surface area contributed by atoms with Crippen molar-refractivity contribution >= 4 is 34.2 Å². The Kier molecular flexibility index (Phi) is 9.16. The summed E-state index contributed by atoms with van der Waals surface area (Å²) in [6.45, 7) is 11.0. The molecule has 0 aliphatic heterocycles. The van der Waals surface area contributed by atoms with Gasteiger partial charge in [0.05, 0.1) is 10.6 Å². The van der Waals surface area contributed by atoms with Gasteiger partial charge in [0.25, 0.3) is 5.91 Å². The zero-order valence-electron chi connectivity index (χ0n) is 16.8. The summed E-state index contributed by atoms with van der Waals surface area (Å²) in [5.74, 6) is -0.179. The van der Waals surface area contributed by atoms with Gasteiger partial charge in [-0.15, -0.1) is 0 Å². The number of rotatable bonds is 8. The largest absolute Gasteiger partial charge is 0.374 e. The van der Waals surface area contributed by atoms with E-state index in [4.69, 9.17) is 0 Å². The molecule has 0 heterocycles. The number of hydrogen-bond donors (Lipinski definition) is 1. The molecule has 1 aromatic rings. The first-order valence-electron chi connectivity index (χ1n) is 8.73. The predicted molar refractivity (Wildman–Crippen MR) is 115 cm³/mol. The number of benzene rings is 1. The maximum atomic E-state index is 13.0. The van der Waals surface area contributed by atoms with E-state index in [0.29, 0.717) is 10.5 Å². The molecule has 0 fully saturated rings. The molecule has 0 spiro atoms. The van der Waals surface area contributed by atoms with Crippen LogP contribution in [0.3, 0.4) is 0 Å². The van der Waals surface area contributed by atoms with Crippen LogP contribution in [0.1, 0.15) is 51.4 Å². The van der Waals surface area contributed by atoms with Crippen LogP contribution in [0, 0.1) is 0 Å². The highest BCUT2D eigenvalue weighted by Gasteiger charge is 2.17. The lowest BCUT2D eigenvalue weighted by Crippen LogP contribution is -2.26. The third-order valence-corrected chi connectivity index (χ3v) is 6.14. The van der Waals surface area contributed by atoms with E-state index in [2.05, 4.69) is 19.2 Å². The molecule has 144 valence electrons. The summed E-state index contributed by atoms with van der Waals surface area (Å²) < 4.78 is 11.9. The summed E-state index contributed by atoms with van der Waals surface area (Å²) in [4.78, 5) is 16.8. The fraction of sp³-hybridized carbons (Fsp3) is 0.450. The first kappa shape index (κ1) is 22.5. The monoisotopic (exact) mass is 394 g/mol. The lowest BCUT2D eigenvalue weighted by Gasteiger charge is -2.21. The maximum Gasteiger partial charge on any atom is 0.258 e. The van der Waals surface area contributed by atoms with Crippen molar-refractivity contribution in [3.05, 3.63) is 45.3 Å². The molecular weight excluding hydrogens is 364 g/mol. The van der Waals surface area contributed by atoms with Gasteiger partial charge in [-0.05, 0) is 57.2 Å². The number of amides is 1. The van der Waals surface area contributed by atoms with Gasteiger partial charge in [-0.3, -0.25) is 9.00 Å². The Morgan fingerprint density at radius 2 is 1.92 bits per heavy atom. The molecule has 4 nitrogen and oxygen atoms in total. The van der Waals surface area contributed by atoms with Crippen molar-refractivity contribution in [1.29, 1.82) is 0 Å². The molecule has 0 saturated carbocycles. The van der Waals surface area contributed by atoms with Crippen molar-refractivity contribution in [2.45, 2.75) is 45.9 Å². The highest BCUT2D eigenvalue weighted by molar-refractivity contribution is 8.06. The second-order valence-corrected chi connectivity index (χ2v) is 8.87. The molecule has 0 aliphatic carbocycles. The Balaban J connectivity index is 3.24. The summed E-state index contributed by atoms with van der Waals surface area (Å²) in [5, 5.41) is 3.85. The first-order valence-corrected chi connectivity index (χ1v) is 11.1. The van der Waals surface area contributed by atoms with Crippen LogP contribution in [0.4, 0.5) is 5.69 Å². The Hall–Kier alpha value is -1.53. The summed E-state index contributed by atoms with van der Waals surface area (Å²) in [5.41, 5.74) is 2.60. The maximum absolute atomic E-state index is 13.0. The molecule has 1 N–H and O–H groups in total. The van der Waals surface area contributed by atoms with E-state index in [-0.39, 0.29) is 5.91 Å². The molecule has 0 bridgehead atoms. The molecule has 6 heteroatoms. The van der Waals surface area contributed by atoms with Crippen molar-refractivity contribution in [3.8, 4) is 0 Å². The third-order valence-electron chi connectivity index (χ3n) is 4.02. The number of nitrogens with one attached hydrogen (secondary N) is 1. The van der Waals surface area contributed by atoms with Gasteiger partial charge in [0, 0.05) is 41.2 Å². The SMILES string of the molecule is CC/C=C(\NC(=O)c1cc(S(C)=O)ccc1N(C)CC)SC(C)=C(C)C. The van der Waals surface area contributed by atoms with Crippen LogP contribution < -0.4 is 10.2 Å². The Bertz CT molecular complexity index is 735. The summed E-state index contributed by atoms with van der Waals surface area (Å²) in [6.07, 6.45) is 4.47. The number of thioether (sulfide) groups is 1. The van der Waals surface area contributed by atoms with E-state index in [1.807, 2.05) is 50.9 Å². The molecule has 1 atom stereocenters. The van der Waals surface area contributed by atoms with Crippen molar-refractivity contribution in [3.63, 3.8) is 0 Å². The molecule has 1 amide bonds. The topological polar surface area (TPSA) is 49.4 Å². The second-order valence-electron chi connectivity index (χ2n) is 6.24. The van der Waals surface area contributed by atoms with Gasteiger partial charge >= 0.3 is 0 Å². The minimum absolute atomic E-state index is 0.179. The van der Waals surface area contributed by atoms with Gasteiger partial charge < -0.3 is 10.2 Å². The molecule has 0 aromatic heterocycles. The van der Waals surface area contributed by atoms with E-state index < -0.39 is 10.8 Å². The minimum atomic E-state index is -1.14. The van der Waals surface area contributed by atoms with Gasteiger partial charge in [-0.1, -0.05) is 30.3 Å². The van der Waals surface area contributed by atoms with E-state index in [9.17, 15) is 9.00 Å². The standard InChI is InChI=1S/C20H30N2O2S2/c1-8-10-19(25-15(5)14(3)4)21-20(23)17-13-16(26(7)24)11-12-18(17)22(6)9-2/h10-13H,8-9H2,1-7H3,(H,21,23)/b19-10+. The molecule has 0 radical (unpaired) electrons. The van der Waals surface area contributed by atoms with Crippen molar-refractivity contribution in [1.82, 2.24) is 5.32 Å². The normalized spacial score (nSPS) is 12.5. The lowest BCUT2D eigenvalue weighted by molar-refractivity contribution is 0.0969. The average Bonchev–Trinajstić information content (AvgIpc) is 2.60. The molecule has 26 heavy (non-hydrogen) atoms. The van der Waals surface area contributed by atoms with Crippen LogP contribution >= 0.6 is 11.8 Å². The quantitative estimate of drug-likeness (QED) is 0.681. The van der Waals surface area contributed by atoms with E-state index >= 15 is 0 Å². The molecule has 1 rings (SSSR count). The molecule has 1 unspecified atom stereocenters. The smallest absolute Gasteiger partial charge is 0.258 e. The fourth-order valence-corrected chi connectivity index (χ4v) is 3.60. The van der Waals surface area contributed by atoms with E-state index in [1.165, 1.54) is 10.5 Å². The number of hydrogen-bond acceptors (Lipinski definition) is 4. The summed E-state index contributed by atoms with van der Waals surface area (Å²) in [6, 6.07) is 5.42. The number of carbonyl (C=O) groups is 1. The van der Waals surface area contributed by atoms with Gasteiger partial charge in [-0.25, -0.2) is 0 Å². The molecule has 0 aliphatic rings. The van der Waals surface area contributed by atoms with E-state index in [0.717, 1.165) is 23.7 Å². The van der Waals surface area contributed by atoms with Crippen molar-refractivity contribution in [2.24, 2.45) is 0 Å². The zero-order valence-corrected chi connectivity index (χ0v) is 18.4. The zero-order chi connectivity index (χ0) is 19.9. The second kappa shape index (κ2) is 10.6. The van der Waals surface area contributed by atoms with Crippen LogP contribution in [0.2, 0.25) is 0 Å². The lowest BCUT2D eigenvalue weighted by atomic mass is 10.1. The summed E-state index contributed by atoms with van der Waals surface area (Å²) in [7, 11) is 0.808. The number of nitrogens with zero attached hydrogens (tertiary/aromatic N) is 1. The number of carbonyl (C=O) groups excluding carboxylic acids is 1. The van der Waals surface area contributed by atoms with Crippen molar-refractivity contribution in [2.75, 3.05) is 24.7 Å². The van der Waals surface area contributed by atoms with Crippen LogP contribution in [-0.4, -0.2) is 30.0 Å². The number of allylic oxidation sites excluding steroid dienone is 3. The highest BCUT2D eigenvalue weighted by Crippen LogP contribution is 2.28. The van der Waals surface area contributed by atoms with Crippen LogP contribution in [0.15, 0.2) is 44.7 Å². The van der Waals surface area contributed by atoms with Gasteiger partial charge in [-0.2, -0.15) is 0 Å². The molecule has 1 aromatic carbocycles. The Morgan fingerprint density at radius 3 is 2.42 bits per heavy atom. The first-order chi connectivity index (χ1) is 12.2. The minimum Gasteiger partial charge on any atom is -0.374 e. The van der Waals surface area contributed by atoms with Gasteiger partial charge in [0.2, 0.25) is 0 Å². The predicted octanol–water partition coefficient (Wildman–Crippen LogP) is 4.91. The average molecular weight is 395 g/mol. The number of anilines is 1. The van der Waals surface area contributed by atoms with Gasteiger partial charge in [0.1, 0.15) is 0 Å². The Labute approximate surface area is 164 Å². The molecular formula is C20H30N2O2S2. The fourth-order valence-electron chi connectivity index (χ4n) is 2.13. The Morgan fingerprint density at radius 1 is 1.27 bits per heavy atom. The summed E-state index contributed by atoms with van der Waals surface area (Å²) >= 11 is 1.57.